The quantitative estimate of drug-likeness (QED) is 0.460. The molecule has 0 atom stereocenters. The van der Waals surface area contributed by atoms with E-state index >= 15 is 0 Å². The minimum absolute atomic E-state index is 0.116. The lowest BCUT2D eigenvalue weighted by atomic mass is 9.96. The molecule has 2 aliphatic rings. The van der Waals surface area contributed by atoms with Crippen LogP contribution in [0.15, 0.2) is 48.7 Å². The Kier molecular flexibility index (Phi) is 5.89. The fourth-order valence-electron chi connectivity index (χ4n) is 4.73. The van der Waals surface area contributed by atoms with Gasteiger partial charge in [-0.15, -0.1) is 0 Å². The molecule has 0 bridgehead atoms. The summed E-state index contributed by atoms with van der Waals surface area (Å²) >= 11 is 1.51. The highest BCUT2D eigenvalue weighted by Gasteiger charge is 2.30. The SMILES string of the molecule is CC(=O)Nc1nc2c(s1)-c1c(c(-c3ccccn3)nn1-c1ccc(CN3CCOCC3)cc1)CC2. The molecule has 1 N–H and O–H groups in total. The Morgan fingerprint density at radius 1 is 1.11 bits per heavy atom. The maximum Gasteiger partial charge on any atom is 0.223 e. The Morgan fingerprint density at radius 2 is 1.94 bits per heavy atom. The fourth-order valence-corrected chi connectivity index (χ4v) is 5.85. The number of ether oxygens (including phenoxy) is 1. The largest absolute Gasteiger partial charge is 0.379 e. The maximum atomic E-state index is 11.6. The Balaban J connectivity index is 1.41. The number of carbonyl (C=O) groups is 1. The van der Waals surface area contributed by atoms with Crippen molar-refractivity contribution in [2.24, 2.45) is 0 Å². The lowest BCUT2D eigenvalue weighted by Gasteiger charge is -2.26. The van der Waals surface area contributed by atoms with Crippen LogP contribution in [0.1, 0.15) is 23.7 Å². The third kappa shape index (κ3) is 4.38. The van der Waals surface area contributed by atoms with Gasteiger partial charge in [0.05, 0.1) is 40.9 Å². The van der Waals surface area contributed by atoms with Crippen LogP contribution in [-0.4, -0.2) is 56.9 Å². The number of benzene rings is 1. The van der Waals surface area contributed by atoms with E-state index in [0.717, 1.165) is 79.0 Å². The molecule has 1 saturated heterocycles. The first-order chi connectivity index (χ1) is 17.2. The van der Waals surface area contributed by atoms with Crippen molar-refractivity contribution >= 4 is 22.4 Å². The van der Waals surface area contributed by atoms with Crippen LogP contribution in [0.2, 0.25) is 0 Å². The molecule has 1 aliphatic heterocycles. The minimum Gasteiger partial charge on any atom is -0.379 e. The van der Waals surface area contributed by atoms with Gasteiger partial charge in [-0.1, -0.05) is 29.5 Å². The molecule has 0 unspecified atom stereocenters. The third-order valence-electron chi connectivity index (χ3n) is 6.39. The Hall–Kier alpha value is -3.40. The van der Waals surface area contributed by atoms with Gasteiger partial charge >= 0.3 is 0 Å². The van der Waals surface area contributed by atoms with Crippen molar-refractivity contribution in [1.29, 1.82) is 0 Å². The zero-order valence-corrected chi connectivity index (χ0v) is 20.3. The third-order valence-corrected chi connectivity index (χ3v) is 7.41. The van der Waals surface area contributed by atoms with Crippen LogP contribution in [0.25, 0.3) is 27.6 Å². The molecule has 4 aromatic rings. The Labute approximate surface area is 207 Å². The van der Waals surface area contributed by atoms with Gasteiger partial charge < -0.3 is 10.1 Å². The van der Waals surface area contributed by atoms with Crippen molar-refractivity contribution in [2.75, 3.05) is 31.6 Å². The summed E-state index contributed by atoms with van der Waals surface area (Å²) in [6.45, 7) is 5.95. The van der Waals surface area contributed by atoms with Gasteiger partial charge in [0, 0.05) is 38.3 Å². The molecular formula is C26H26N6O2S. The van der Waals surface area contributed by atoms with Gasteiger partial charge in [0.25, 0.3) is 0 Å². The normalized spacial score (nSPS) is 15.5. The standard InChI is InChI=1S/C26H26N6O2S/c1-17(33)28-26-29-22-10-9-20-23(21-4-2-3-11-27-21)30-32(24(20)25(22)35-26)19-7-5-18(6-8-19)16-31-12-14-34-15-13-31/h2-8,11H,9-10,12-16H2,1H3,(H,28,29,33). The van der Waals surface area contributed by atoms with E-state index in [4.69, 9.17) is 14.8 Å². The summed E-state index contributed by atoms with van der Waals surface area (Å²) in [5.41, 5.74) is 7.25. The lowest BCUT2D eigenvalue weighted by molar-refractivity contribution is -0.114. The van der Waals surface area contributed by atoms with Crippen molar-refractivity contribution < 1.29 is 9.53 Å². The van der Waals surface area contributed by atoms with Crippen molar-refractivity contribution in [2.45, 2.75) is 26.3 Å². The number of nitrogens with one attached hydrogen (secondary N) is 1. The van der Waals surface area contributed by atoms with E-state index in [0.29, 0.717) is 5.13 Å². The van der Waals surface area contributed by atoms with Crippen molar-refractivity contribution in [3.8, 4) is 27.6 Å². The molecule has 1 aliphatic carbocycles. The molecule has 8 nitrogen and oxygen atoms in total. The first-order valence-corrected chi connectivity index (χ1v) is 12.7. The van der Waals surface area contributed by atoms with Gasteiger partial charge in [-0.2, -0.15) is 5.10 Å². The van der Waals surface area contributed by atoms with Crippen LogP contribution in [0.5, 0.6) is 0 Å². The molecular weight excluding hydrogens is 460 g/mol. The second kappa shape index (κ2) is 9.33. The molecule has 1 amide bonds. The second-order valence-electron chi connectivity index (χ2n) is 8.83. The highest BCUT2D eigenvalue weighted by atomic mass is 32.1. The van der Waals surface area contributed by atoms with E-state index in [-0.39, 0.29) is 5.91 Å². The number of carbonyl (C=O) groups excluding carboxylic acids is 1. The van der Waals surface area contributed by atoms with Crippen molar-refractivity contribution in [3.05, 3.63) is 65.5 Å². The van der Waals surface area contributed by atoms with Crippen LogP contribution in [0.4, 0.5) is 5.13 Å². The van der Waals surface area contributed by atoms with Crippen LogP contribution in [-0.2, 0) is 28.9 Å². The lowest BCUT2D eigenvalue weighted by Crippen LogP contribution is -2.35. The zero-order valence-electron chi connectivity index (χ0n) is 19.5. The predicted molar refractivity (Wildman–Crippen MR) is 136 cm³/mol. The Bertz CT molecular complexity index is 1360. The molecule has 3 aromatic heterocycles. The fraction of sp³-hybridized carbons (Fsp3) is 0.308. The molecule has 9 heteroatoms. The topological polar surface area (TPSA) is 85.2 Å². The molecule has 1 aromatic carbocycles. The van der Waals surface area contributed by atoms with E-state index in [2.05, 4.69) is 39.5 Å². The van der Waals surface area contributed by atoms with Crippen LogP contribution < -0.4 is 5.32 Å². The van der Waals surface area contributed by atoms with Gasteiger partial charge in [-0.3, -0.25) is 14.7 Å². The first kappa shape index (κ1) is 22.1. The van der Waals surface area contributed by atoms with E-state index in [1.807, 2.05) is 22.9 Å². The van der Waals surface area contributed by atoms with Crippen LogP contribution >= 0.6 is 11.3 Å². The van der Waals surface area contributed by atoms with Crippen LogP contribution in [0, 0.1) is 0 Å². The minimum atomic E-state index is -0.116. The number of morpholine rings is 1. The van der Waals surface area contributed by atoms with E-state index in [1.54, 1.807) is 6.20 Å². The van der Waals surface area contributed by atoms with Gasteiger partial charge in [0.2, 0.25) is 5.91 Å². The Morgan fingerprint density at radius 3 is 2.69 bits per heavy atom. The number of nitrogens with zero attached hydrogens (tertiary/aromatic N) is 5. The number of fused-ring (bicyclic) bond motifs is 3. The zero-order chi connectivity index (χ0) is 23.8. The highest BCUT2D eigenvalue weighted by molar-refractivity contribution is 7.19. The monoisotopic (exact) mass is 486 g/mol. The molecule has 0 saturated carbocycles. The number of amides is 1. The number of rotatable bonds is 5. The van der Waals surface area contributed by atoms with Crippen LogP contribution in [0.3, 0.4) is 0 Å². The summed E-state index contributed by atoms with van der Waals surface area (Å²) in [4.78, 5) is 24.4. The molecule has 4 heterocycles. The summed E-state index contributed by atoms with van der Waals surface area (Å²) in [7, 11) is 0. The van der Waals surface area contributed by atoms with Crippen molar-refractivity contribution in [3.63, 3.8) is 0 Å². The van der Waals surface area contributed by atoms with Crippen molar-refractivity contribution in [1.82, 2.24) is 24.6 Å². The number of anilines is 1. The highest BCUT2D eigenvalue weighted by Crippen LogP contribution is 2.43. The smallest absolute Gasteiger partial charge is 0.223 e. The summed E-state index contributed by atoms with van der Waals surface area (Å²) in [6, 6.07) is 14.5. The first-order valence-electron chi connectivity index (χ1n) is 11.9. The van der Waals surface area contributed by atoms with Gasteiger partial charge in [-0.25, -0.2) is 9.67 Å². The molecule has 0 radical (unpaired) electrons. The number of aryl methyl sites for hydroxylation is 1. The summed E-state index contributed by atoms with van der Waals surface area (Å²) in [5, 5.41) is 8.54. The maximum absolute atomic E-state index is 11.6. The predicted octanol–water partition coefficient (Wildman–Crippen LogP) is 3.95. The summed E-state index contributed by atoms with van der Waals surface area (Å²) in [6.07, 6.45) is 3.44. The number of aromatic nitrogens is 4. The number of pyridine rings is 1. The van der Waals surface area contributed by atoms with Gasteiger partial charge in [0.1, 0.15) is 5.69 Å². The van der Waals surface area contributed by atoms with Gasteiger partial charge in [0.15, 0.2) is 5.13 Å². The molecule has 178 valence electrons. The van der Waals surface area contributed by atoms with E-state index in [9.17, 15) is 4.79 Å². The van der Waals surface area contributed by atoms with E-state index in [1.165, 1.54) is 29.4 Å². The molecule has 0 spiro atoms. The molecule has 6 rings (SSSR count). The summed E-state index contributed by atoms with van der Waals surface area (Å²) < 4.78 is 7.49. The van der Waals surface area contributed by atoms with E-state index < -0.39 is 0 Å². The molecule has 1 fully saturated rings. The number of hydrogen-bond donors (Lipinski definition) is 1. The second-order valence-corrected chi connectivity index (χ2v) is 9.83. The average Bonchev–Trinajstić information content (AvgIpc) is 3.46. The van der Waals surface area contributed by atoms with Gasteiger partial charge in [-0.05, 0) is 42.7 Å². The molecule has 35 heavy (non-hydrogen) atoms. The number of hydrogen-bond acceptors (Lipinski definition) is 7. The number of thiazole rings is 1. The average molecular weight is 487 g/mol. The summed E-state index contributed by atoms with van der Waals surface area (Å²) in [5.74, 6) is -0.116.